The highest BCUT2D eigenvalue weighted by molar-refractivity contribution is 6.31. The number of carbonyl (C=O) groups is 3. The summed E-state index contributed by atoms with van der Waals surface area (Å²) in [4.78, 5) is 43.0. The summed E-state index contributed by atoms with van der Waals surface area (Å²) in [5, 5.41) is 14.3. The van der Waals surface area contributed by atoms with Crippen LogP contribution in [-0.4, -0.2) is 73.9 Å². The molecule has 13 heteroatoms. The van der Waals surface area contributed by atoms with Crippen LogP contribution in [0.15, 0.2) is 54.9 Å². The number of aromatic nitrogens is 4. The first-order valence-electron chi connectivity index (χ1n) is 12.5. The molecule has 1 unspecified atom stereocenters. The maximum Gasteiger partial charge on any atom is 0.248 e. The molecule has 2 heterocycles. The van der Waals surface area contributed by atoms with Crippen LogP contribution in [0.2, 0.25) is 5.02 Å². The van der Waals surface area contributed by atoms with Crippen LogP contribution in [0.1, 0.15) is 31.2 Å². The molecule has 204 valence electrons. The van der Waals surface area contributed by atoms with Crippen molar-refractivity contribution < 1.29 is 23.2 Å². The van der Waals surface area contributed by atoms with Gasteiger partial charge in [0.2, 0.25) is 23.6 Å². The summed E-state index contributed by atoms with van der Waals surface area (Å²) >= 11 is 6.21. The largest absolute Gasteiger partial charge is 0.352 e. The number of rotatable bonds is 7. The van der Waals surface area contributed by atoms with E-state index in [-0.39, 0.29) is 45.2 Å². The van der Waals surface area contributed by atoms with E-state index in [2.05, 4.69) is 20.8 Å². The molecule has 1 N–H and O–H groups in total. The van der Waals surface area contributed by atoms with Gasteiger partial charge >= 0.3 is 0 Å². The SMILES string of the molecule is O=C(NC1CCC(F)(F)CC1)C(Cc1ccccc1)N1CC(=O)N(c2cc(Cl)ccc2-n2cnnn2)CC1=O. The molecule has 1 saturated carbocycles. The molecule has 0 spiro atoms. The van der Waals surface area contributed by atoms with Crippen LogP contribution in [0.5, 0.6) is 0 Å². The normalized spacial score (nSPS) is 18.7. The Kier molecular flexibility index (Phi) is 7.56. The van der Waals surface area contributed by atoms with Gasteiger partial charge in [0, 0.05) is 30.3 Å². The summed E-state index contributed by atoms with van der Waals surface area (Å²) in [7, 11) is 0. The zero-order valence-corrected chi connectivity index (χ0v) is 21.6. The number of amides is 3. The first-order chi connectivity index (χ1) is 18.7. The molecule has 2 fully saturated rings. The number of alkyl halides is 2. The van der Waals surface area contributed by atoms with E-state index in [1.807, 2.05) is 30.3 Å². The fraction of sp³-hybridized carbons (Fsp3) is 0.385. The molecule has 39 heavy (non-hydrogen) atoms. The molecular formula is C26H26ClF2N7O3. The maximum atomic E-state index is 13.6. The number of carbonyl (C=O) groups excluding carboxylic acids is 3. The summed E-state index contributed by atoms with van der Waals surface area (Å²) in [6, 6.07) is 12.5. The van der Waals surface area contributed by atoms with Crippen molar-refractivity contribution in [3.05, 3.63) is 65.4 Å². The van der Waals surface area contributed by atoms with Gasteiger partial charge < -0.3 is 10.2 Å². The van der Waals surface area contributed by atoms with Crippen LogP contribution in [0.3, 0.4) is 0 Å². The van der Waals surface area contributed by atoms with Crippen LogP contribution in [0.4, 0.5) is 14.5 Å². The molecule has 1 aromatic heterocycles. The molecule has 1 atom stereocenters. The molecule has 1 saturated heterocycles. The minimum atomic E-state index is -2.73. The fourth-order valence-corrected chi connectivity index (χ4v) is 5.15. The summed E-state index contributed by atoms with van der Waals surface area (Å²) in [6.07, 6.45) is 1.21. The van der Waals surface area contributed by atoms with Crippen LogP contribution in [0, 0.1) is 0 Å². The Morgan fingerprint density at radius 2 is 1.79 bits per heavy atom. The number of nitrogens with zero attached hydrogens (tertiary/aromatic N) is 6. The highest BCUT2D eigenvalue weighted by Gasteiger charge is 2.41. The fourth-order valence-electron chi connectivity index (χ4n) is 4.98. The summed E-state index contributed by atoms with van der Waals surface area (Å²) in [5.74, 6) is -4.07. The first-order valence-corrected chi connectivity index (χ1v) is 12.9. The number of hydrogen-bond donors (Lipinski definition) is 1. The van der Waals surface area contributed by atoms with Crippen molar-refractivity contribution in [2.75, 3.05) is 18.0 Å². The molecular weight excluding hydrogens is 532 g/mol. The van der Waals surface area contributed by atoms with E-state index in [0.717, 1.165) is 5.56 Å². The number of nitrogens with one attached hydrogen (secondary N) is 1. The molecule has 5 rings (SSSR count). The average Bonchev–Trinajstić information content (AvgIpc) is 3.45. The van der Waals surface area contributed by atoms with Gasteiger partial charge in [-0.05, 0) is 47.0 Å². The standard InChI is InChI=1S/C26H26ClF2N7O3/c27-18-6-7-20(36-16-30-32-33-36)21(13-18)34-14-24(38)35(15-23(34)37)22(12-17-4-2-1-3-5-17)25(39)31-19-8-10-26(28,29)11-9-19/h1-7,13,16,19,22H,8-12,14-15H2,(H,31,39). The number of benzene rings is 2. The highest BCUT2D eigenvalue weighted by atomic mass is 35.5. The minimum Gasteiger partial charge on any atom is -0.352 e. The lowest BCUT2D eigenvalue weighted by molar-refractivity contribution is -0.145. The van der Waals surface area contributed by atoms with Crippen molar-refractivity contribution in [1.29, 1.82) is 0 Å². The smallest absolute Gasteiger partial charge is 0.248 e. The molecule has 0 bridgehead atoms. The van der Waals surface area contributed by atoms with E-state index in [0.29, 0.717) is 16.4 Å². The predicted octanol–water partition coefficient (Wildman–Crippen LogP) is 2.80. The Morgan fingerprint density at radius 1 is 1.05 bits per heavy atom. The Hall–Kier alpha value is -3.93. The monoisotopic (exact) mass is 557 g/mol. The van der Waals surface area contributed by atoms with Gasteiger partial charge in [0.25, 0.3) is 0 Å². The zero-order valence-electron chi connectivity index (χ0n) is 20.8. The molecule has 10 nitrogen and oxygen atoms in total. The molecule has 3 aromatic rings. The third-order valence-corrected chi connectivity index (χ3v) is 7.29. The molecule has 1 aliphatic carbocycles. The van der Waals surface area contributed by atoms with Crippen LogP contribution < -0.4 is 10.2 Å². The second kappa shape index (κ2) is 11.0. The third-order valence-electron chi connectivity index (χ3n) is 7.06. The van der Waals surface area contributed by atoms with Gasteiger partial charge in [-0.15, -0.1) is 5.10 Å². The third kappa shape index (κ3) is 6.06. The summed E-state index contributed by atoms with van der Waals surface area (Å²) < 4.78 is 28.6. The van der Waals surface area contributed by atoms with Crippen molar-refractivity contribution in [2.45, 2.75) is 50.1 Å². The van der Waals surface area contributed by atoms with E-state index in [1.165, 1.54) is 20.8 Å². The van der Waals surface area contributed by atoms with E-state index >= 15 is 0 Å². The van der Waals surface area contributed by atoms with Crippen molar-refractivity contribution in [2.24, 2.45) is 0 Å². The average molecular weight is 558 g/mol. The minimum absolute atomic E-state index is 0.145. The molecule has 0 radical (unpaired) electrons. The lowest BCUT2D eigenvalue weighted by Gasteiger charge is -2.39. The molecule has 3 amide bonds. The molecule has 2 aliphatic rings. The number of tetrazole rings is 1. The lowest BCUT2D eigenvalue weighted by atomic mass is 9.91. The number of halogens is 3. The van der Waals surface area contributed by atoms with E-state index in [9.17, 15) is 23.2 Å². The predicted molar refractivity (Wildman–Crippen MR) is 138 cm³/mol. The van der Waals surface area contributed by atoms with Crippen LogP contribution in [-0.2, 0) is 20.8 Å². The number of hydrogen-bond acceptors (Lipinski definition) is 6. The Morgan fingerprint density at radius 3 is 2.49 bits per heavy atom. The van der Waals surface area contributed by atoms with Gasteiger partial charge in [-0.3, -0.25) is 19.3 Å². The molecule has 1 aliphatic heterocycles. The zero-order chi connectivity index (χ0) is 27.6. The van der Waals surface area contributed by atoms with Gasteiger partial charge in [0.15, 0.2) is 0 Å². The second-order valence-electron chi connectivity index (χ2n) is 9.73. The summed E-state index contributed by atoms with van der Waals surface area (Å²) in [6.45, 7) is -0.684. The van der Waals surface area contributed by atoms with Crippen LogP contribution >= 0.6 is 11.6 Å². The van der Waals surface area contributed by atoms with Crippen LogP contribution in [0.25, 0.3) is 5.69 Å². The number of piperazine rings is 1. The van der Waals surface area contributed by atoms with Crippen molar-refractivity contribution >= 4 is 35.0 Å². The Labute approximate surface area is 227 Å². The van der Waals surface area contributed by atoms with Gasteiger partial charge in [-0.25, -0.2) is 8.78 Å². The van der Waals surface area contributed by atoms with E-state index in [1.54, 1.807) is 18.2 Å². The number of anilines is 1. The molecule has 2 aromatic carbocycles. The Balaban J connectivity index is 1.38. The van der Waals surface area contributed by atoms with Gasteiger partial charge in [-0.2, -0.15) is 4.68 Å². The van der Waals surface area contributed by atoms with Crippen molar-refractivity contribution in [3.63, 3.8) is 0 Å². The highest BCUT2D eigenvalue weighted by Crippen LogP contribution is 2.33. The second-order valence-corrected chi connectivity index (χ2v) is 10.2. The quantitative estimate of drug-likeness (QED) is 0.478. The maximum absolute atomic E-state index is 13.6. The van der Waals surface area contributed by atoms with Crippen molar-refractivity contribution in [3.8, 4) is 5.69 Å². The van der Waals surface area contributed by atoms with Gasteiger partial charge in [-0.1, -0.05) is 41.9 Å². The topological polar surface area (TPSA) is 113 Å². The first kappa shape index (κ1) is 26.7. The Bertz CT molecular complexity index is 1350. The lowest BCUT2D eigenvalue weighted by Crippen LogP contribution is -2.61. The van der Waals surface area contributed by atoms with Crippen molar-refractivity contribution in [1.82, 2.24) is 30.4 Å². The van der Waals surface area contributed by atoms with Gasteiger partial charge in [0.05, 0.1) is 11.4 Å². The van der Waals surface area contributed by atoms with Gasteiger partial charge in [0.1, 0.15) is 25.5 Å². The van der Waals surface area contributed by atoms with E-state index in [4.69, 9.17) is 11.6 Å². The summed E-state index contributed by atoms with van der Waals surface area (Å²) in [5.41, 5.74) is 1.60. The van der Waals surface area contributed by atoms with E-state index < -0.39 is 35.7 Å².